The normalized spacial score (nSPS) is 11.7. The lowest BCUT2D eigenvalue weighted by atomic mass is 10.0. The van der Waals surface area contributed by atoms with E-state index in [2.05, 4.69) is 34.8 Å². The maximum Gasteiger partial charge on any atom is 0.141 e. The molecule has 0 radical (unpaired) electrons. The predicted octanol–water partition coefficient (Wildman–Crippen LogP) is 5.47. The maximum atomic E-state index is 13.1. The molecule has 0 fully saturated rings. The van der Waals surface area contributed by atoms with E-state index >= 15 is 0 Å². The number of fused-ring (bicyclic) bond motifs is 1. The molecule has 3 aromatic carbocycles. The van der Waals surface area contributed by atoms with E-state index < -0.39 is 5.82 Å². The van der Waals surface area contributed by atoms with Crippen LogP contribution in [0.15, 0.2) is 65.8 Å². The molecule has 0 aromatic heterocycles. The number of hydrogen-bond donors (Lipinski definition) is 1. The summed E-state index contributed by atoms with van der Waals surface area (Å²) in [6.07, 6.45) is 0. The summed E-state index contributed by atoms with van der Waals surface area (Å²) >= 11 is 5.75. The molecule has 1 N–H and O–H groups in total. The first-order valence-corrected chi connectivity index (χ1v) is 7.26. The third-order valence-corrected chi connectivity index (χ3v) is 3.73. The van der Waals surface area contributed by atoms with Crippen molar-refractivity contribution >= 4 is 33.8 Å². The van der Waals surface area contributed by atoms with E-state index in [0.717, 1.165) is 11.3 Å². The molecule has 0 aliphatic carbocycles. The second-order valence-corrected chi connectivity index (χ2v) is 5.41. The first-order valence-electron chi connectivity index (χ1n) is 6.88. The molecular formula is C18H14ClFN2. The van der Waals surface area contributed by atoms with E-state index in [9.17, 15) is 4.39 Å². The minimum atomic E-state index is -0.442. The van der Waals surface area contributed by atoms with Gasteiger partial charge in [-0.05, 0) is 47.5 Å². The Morgan fingerprint density at radius 3 is 2.55 bits per heavy atom. The van der Waals surface area contributed by atoms with Gasteiger partial charge in [0.1, 0.15) is 5.82 Å². The molecule has 0 unspecified atom stereocenters. The van der Waals surface area contributed by atoms with Crippen molar-refractivity contribution in [1.82, 2.24) is 0 Å². The highest BCUT2D eigenvalue weighted by Gasteiger charge is 2.02. The van der Waals surface area contributed by atoms with Gasteiger partial charge >= 0.3 is 0 Å². The van der Waals surface area contributed by atoms with Crippen LogP contribution in [0.4, 0.5) is 10.1 Å². The highest BCUT2D eigenvalue weighted by Crippen LogP contribution is 2.20. The first-order chi connectivity index (χ1) is 10.6. The number of rotatable bonds is 3. The van der Waals surface area contributed by atoms with Gasteiger partial charge in [0.25, 0.3) is 0 Å². The maximum absolute atomic E-state index is 13.1. The average molecular weight is 313 g/mol. The van der Waals surface area contributed by atoms with Crippen molar-refractivity contribution in [2.24, 2.45) is 5.10 Å². The van der Waals surface area contributed by atoms with Crippen molar-refractivity contribution in [2.45, 2.75) is 6.92 Å². The van der Waals surface area contributed by atoms with Gasteiger partial charge in [-0.2, -0.15) is 5.10 Å². The van der Waals surface area contributed by atoms with Crippen molar-refractivity contribution in [2.75, 3.05) is 5.43 Å². The molecule has 2 nitrogen and oxygen atoms in total. The molecule has 0 bridgehead atoms. The molecule has 0 spiro atoms. The minimum absolute atomic E-state index is 0.0727. The van der Waals surface area contributed by atoms with Crippen LogP contribution < -0.4 is 5.43 Å². The fraction of sp³-hybridized carbons (Fsp3) is 0.0556. The fourth-order valence-corrected chi connectivity index (χ4v) is 2.37. The van der Waals surface area contributed by atoms with E-state index in [0.29, 0.717) is 5.69 Å². The standard InChI is InChI=1S/C18H14ClFN2/c1-12(21-22-16-8-9-18(20)17(19)11-16)14-7-6-13-4-2-3-5-15(13)10-14/h2-11,22H,1H3/b21-12-. The summed E-state index contributed by atoms with van der Waals surface area (Å²) in [4.78, 5) is 0. The lowest BCUT2D eigenvalue weighted by Crippen LogP contribution is -1.99. The topological polar surface area (TPSA) is 24.4 Å². The molecular weight excluding hydrogens is 299 g/mol. The molecule has 3 aromatic rings. The van der Waals surface area contributed by atoms with Crippen molar-refractivity contribution in [3.05, 3.63) is 77.1 Å². The Morgan fingerprint density at radius 2 is 1.77 bits per heavy atom. The monoisotopic (exact) mass is 312 g/mol. The first kappa shape index (κ1) is 14.5. The average Bonchev–Trinajstić information content (AvgIpc) is 2.55. The van der Waals surface area contributed by atoms with E-state index in [1.54, 1.807) is 6.07 Å². The summed E-state index contributed by atoms with van der Waals surface area (Å²) in [6, 6.07) is 18.8. The molecule has 0 aliphatic rings. The van der Waals surface area contributed by atoms with Crippen LogP contribution in [0, 0.1) is 5.82 Å². The SMILES string of the molecule is C/C(=N/Nc1ccc(F)c(Cl)c1)c1ccc2ccccc2c1. The molecule has 0 atom stereocenters. The smallest absolute Gasteiger partial charge is 0.141 e. The van der Waals surface area contributed by atoms with Crippen LogP contribution in [0.1, 0.15) is 12.5 Å². The summed E-state index contributed by atoms with van der Waals surface area (Å²) in [5.41, 5.74) is 5.41. The summed E-state index contributed by atoms with van der Waals surface area (Å²) in [6.45, 7) is 1.92. The lowest BCUT2D eigenvalue weighted by molar-refractivity contribution is 0.628. The Labute approximate surface area is 133 Å². The molecule has 0 heterocycles. The molecule has 0 amide bonds. The van der Waals surface area contributed by atoms with Crippen LogP contribution in [0.25, 0.3) is 10.8 Å². The molecule has 22 heavy (non-hydrogen) atoms. The highest BCUT2D eigenvalue weighted by molar-refractivity contribution is 6.31. The van der Waals surface area contributed by atoms with Gasteiger partial charge in [0.15, 0.2) is 0 Å². The van der Waals surface area contributed by atoms with E-state index in [1.165, 1.54) is 22.9 Å². The molecule has 0 saturated carbocycles. The Morgan fingerprint density at radius 1 is 1.00 bits per heavy atom. The molecule has 3 rings (SSSR count). The summed E-state index contributed by atoms with van der Waals surface area (Å²) in [7, 11) is 0. The van der Waals surface area contributed by atoms with Gasteiger partial charge < -0.3 is 0 Å². The summed E-state index contributed by atoms with van der Waals surface area (Å²) in [5, 5.41) is 6.76. The Hall–Kier alpha value is -2.39. The molecule has 110 valence electrons. The van der Waals surface area contributed by atoms with Crippen LogP contribution in [0.5, 0.6) is 0 Å². The van der Waals surface area contributed by atoms with E-state index in [1.807, 2.05) is 25.1 Å². The van der Waals surface area contributed by atoms with E-state index in [4.69, 9.17) is 11.6 Å². The van der Waals surface area contributed by atoms with Crippen molar-refractivity contribution in [3.63, 3.8) is 0 Å². The lowest BCUT2D eigenvalue weighted by Gasteiger charge is -2.06. The van der Waals surface area contributed by atoms with Gasteiger partial charge in [0.2, 0.25) is 0 Å². The van der Waals surface area contributed by atoms with Crippen molar-refractivity contribution in [3.8, 4) is 0 Å². The number of hydrogen-bond acceptors (Lipinski definition) is 2. The highest BCUT2D eigenvalue weighted by atomic mass is 35.5. The molecule has 4 heteroatoms. The minimum Gasteiger partial charge on any atom is -0.278 e. The second kappa shape index (κ2) is 6.16. The van der Waals surface area contributed by atoms with Crippen LogP contribution >= 0.6 is 11.6 Å². The second-order valence-electron chi connectivity index (χ2n) is 5.00. The predicted molar refractivity (Wildman–Crippen MR) is 91.2 cm³/mol. The number of nitrogens with one attached hydrogen (secondary N) is 1. The quantitative estimate of drug-likeness (QED) is 0.503. The summed E-state index contributed by atoms with van der Waals surface area (Å²) < 4.78 is 13.1. The number of anilines is 1. The number of benzene rings is 3. The Bertz CT molecular complexity index is 859. The van der Waals surface area contributed by atoms with Gasteiger partial charge in [0, 0.05) is 0 Å². The van der Waals surface area contributed by atoms with Gasteiger partial charge in [-0.25, -0.2) is 4.39 Å². The van der Waals surface area contributed by atoms with Gasteiger partial charge in [-0.1, -0.05) is 48.0 Å². The molecule has 0 saturated heterocycles. The number of halogens is 2. The molecule has 0 aliphatic heterocycles. The van der Waals surface area contributed by atoms with Crippen LogP contribution in [-0.2, 0) is 0 Å². The van der Waals surface area contributed by atoms with Crippen molar-refractivity contribution in [1.29, 1.82) is 0 Å². The van der Waals surface area contributed by atoms with Gasteiger partial charge in [-0.15, -0.1) is 0 Å². The Kier molecular flexibility index (Phi) is 4.07. The van der Waals surface area contributed by atoms with Crippen LogP contribution in [0.3, 0.4) is 0 Å². The zero-order valence-corrected chi connectivity index (χ0v) is 12.7. The van der Waals surface area contributed by atoms with Crippen molar-refractivity contribution < 1.29 is 4.39 Å². The van der Waals surface area contributed by atoms with Crippen LogP contribution in [-0.4, -0.2) is 5.71 Å². The zero-order chi connectivity index (χ0) is 15.5. The van der Waals surface area contributed by atoms with Gasteiger partial charge in [-0.3, -0.25) is 5.43 Å². The number of nitrogens with zero attached hydrogens (tertiary/aromatic N) is 1. The van der Waals surface area contributed by atoms with E-state index in [-0.39, 0.29) is 5.02 Å². The van der Waals surface area contributed by atoms with Crippen LogP contribution in [0.2, 0.25) is 5.02 Å². The Balaban J connectivity index is 1.84. The third-order valence-electron chi connectivity index (χ3n) is 3.44. The number of hydrazone groups is 1. The largest absolute Gasteiger partial charge is 0.278 e. The fourth-order valence-electron chi connectivity index (χ4n) is 2.19. The summed E-state index contributed by atoms with van der Waals surface area (Å²) in [5.74, 6) is -0.442. The zero-order valence-electron chi connectivity index (χ0n) is 12.0. The third kappa shape index (κ3) is 3.10. The van der Waals surface area contributed by atoms with Gasteiger partial charge in [0.05, 0.1) is 16.4 Å².